The third-order valence-corrected chi connectivity index (χ3v) is 5.07. The summed E-state index contributed by atoms with van der Waals surface area (Å²) in [7, 11) is 0. The summed E-state index contributed by atoms with van der Waals surface area (Å²) in [5.74, 6) is -1.22. The van der Waals surface area contributed by atoms with Crippen LogP contribution in [0.5, 0.6) is 0 Å². The highest BCUT2D eigenvalue weighted by molar-refractivity contribution is 7.20. The first-order chi connectivity index (χ1) is 12.9. The highest BCUT2D eigenvalue weighted by Crippen LogP contribution is 2.27. The summed E-state index contributed by atoms with van der Waals surface area (Å²) in [6.07, 6.45) is 0.261. The molecule has 0 bridgehead atoms. The zero-order chi connectivity index (χ0) is 19.1. The van der Waals surface area contributed by atoms with E-state index in [4.69, 9.17) is 0 Å². The number of amides is 3. The zero-order valence-corrected chi connectivity index (χ0v) is 15.0. The van der Waals surface area contributed by atoms with Crippen LogP contribution in [0, 0.1) is 12.7 Å². The van der Waals surface area contributed by atoms with Gasteiger partial charge in [-0.25, -0.2) is 9.37 Å². The summed E-state index contributed by atoms with van der Waals surface area (Å²) in [5.41, 5.74) is 1.26. The molecule has 10 heteroatoms. The van der Waals surface area contributed by atoms with Crippen LogP contribution in [0.15, 0.2) is 24.3 Å². The lowest BCUT2D eigenvalue weighted by Gasteiger charge is -2.13. The maximum absolute atomic E-state index is 13.4. The Kier molecular flexibility index (Phi) is 4.19. The number of rotatable bonds is 4. The number of fused-ring (bicyclic) bond motifs is 1. The monoisotopic (exact) mass is 387 g/mol. The van der Waals surface area contributed by atoms with Gasteiger partial charge in [0.15, 0.2) is 0 Å². The second-order valence-electron chi connectivity index (χ2n) is 6.11. The number of thiazole rings is 1. The largest absolute Gasteiger partial charge is 0.309 e. The van der Waals surface area contributed by atoms with Gasteiger partial charge in [-0.05, 0) is 25.1 Å². The number of carbonyl (C=O) groups excluding carboxylic acids is 3. The number of nitrogens with zero attached hydrogens (tertiary/aromatic N) is 4. The van der Waals surface area contributed by atoms with Crippen molar-refractivity contribution >= 4 is 45.1 Å². The lowest BCUT2D eigenvalue weighted by atomic mass is 10.3. The molecule has 1 fully saturated rings. The van der Waals surface area contributed by atoms with Gasteiger partial charge in [-0.3, -0.25) is 19.3 Å². The molecule has 1 N–H and O–H groups in total. The fourth-order valence-corrected chi connectivity index (χ4v) is 3.79. The Hall–Kier alpha value is -3.14. The minimum Gasteiger partial charge on any atom is -0.309 e. The van der Waals surface area contributed by atoms with E-state index < -0.39 is 5.91 Å². The van der Waals surface area contributed by atoms with Crippen LogP contribution in [0.1, 0.15) is 18.5 Å². The van der Waals surface area contributed by atoms with Crippen molar-refractivity contribution < 1.29 is 18.8 Å². The number of imide groups is 1. The van der Waals surface area contributed by atoms with Crippen LogP contribution < -0.4 is 5.32 Å². The molecule has 0 unspecified atom stereocenters. The molecule has 3 amide bonds. The van der Waals surface area contributed by atoms with Crippen LogP contribution in [0.2, 0.25) is 0 Å². The third-order valence-electron chi connectivity index (χ3n) is 4.08. The van der Waals surface area contributed by atoms with Crippen molar-refractivity contribution in [3.8, 4) is 5.13 Å². The smallest absolute Gasteiger partial charge is 0.245 e. The van der Waals surface area contributed by atoms with Gasteiger partial charge in [0, 0.05) is 18.9 Å². The number of benzene rings is 1. The summed E-state index contributed by atoms with van der Waals surface area (Å²) < 4.78 is 15.5. The first-order valence-electron chi connectivity index (χ1n) is 8.17. The van der Waals surface area contributed by atoms with Crippen molar-refractivity contribution in [2.75, 3.05) is 11.9 Å². The van der Waals surface area contributed by atoms with Gasteiger partial charge in [-0.1, -0.05) is 11.3 Å². The van der Waals surface area contributed by atoms with Crippen molar-refractivity contribution in [1.82, 2.24) is 19.7 Å². The minimum absolute atomic E-state index is 0.130. The van der Waals surface area contributed by atoms with Gasteiger partial charge in [0.2, 0.25) is 22.9 Å². The van der Waals surface area contributed by atoms with E-state index in [-0.39, 0.29) is 37.0 Å². The lowest BCUT2D eigenvalue weighted by Crippen LogP contribution is -2.37. The normalized spacial score (nSPS) is 14.4. The topological polar surface area (TPSA) is 97.2 Å². The molecule has 0 spiro atoms. The predicted octanol–water partition coefficient (Wildman–Crippen LogP) is 2.02. The summed E-state index contributed by atoms with van der Waals surface area (Å²) >= 11 is 1.23. The van der Waals surface area contributed by atoms with Crippen LogP contribution in [0.25, 0.3) is 15.3 Å². The Morgan fingerprint density at radius 1 is 1.26 bits per heavy atom. The van der Waals surface area contributed by atoms with Crippen molar-refractivity contribution in [3.05, 3.63) is 35.8 Å². The van der Waals surface area contributed by atoms with E-state index in [1.54, 1.807) is 19.1 Å². The molecule has 1 aliphatic rings. The van der Waals surface area contributed by atoms with E-state index in [2.05, 4.69) is 15.4 Å². The first kappa shape index (κ1) is 17.3. The molecule has 0 radical (unpaired) electrons. The second-order valence-corrected chi connectivity index (χ2v) is 7.12. The molecule has 138 valence electrons. The molecule has 3 aromatic rings. The molecule has 1 saturated heterocycles. The Balaban J connectivity index is 1.59. The van der Waals surface area contributed by atoms with Crippen molar-refractivity contribution in [1.29, 1.82) is 0 Å². The Labute approximate surface area is 156 Å². The fraction of sp³-hybridized carbons (Fsp3) is 0.235. The molecule has 2 aromatic heterocycles. The zero-order valence-electron chi connectivity index (χ0n) is 14.2. The molecule has 3 heterocycles. The Morgan fingerprint density at radius 3 is 2.74 bits per heavy atom. The SMILES string of the molecule is Cc1cc(NC(=O)CN2C(=O)CCC2=O)n(-c2nc3ccc(F)cc3s2)n1. The number of hydrogen-bond acceptors (Lipinski definition) is 6. The average molecular weight is 387 g/mol. The number of likely N-dealkylation sites (tertiary alicyclic amines) is 1. The van der Waals surface area contributed by atoms with Gasteiger partial charge in [-0.15, -0.1) is 0 Å². The standard InChI is InChI=1S/C17H14FN5O3S/c1-9-6-13(20-14(24)8-22-15(25)4-5-16(22)26)23(21-9)17-19-11-3-2-10(18)7-12(11)27-17/h2-3,6-7H,4-5,8H2,1H3,(H,20,24). The van der Waals surface area contributed by atoms with Gasteiger partial charge >= 0.3 is 0 Å². The number of aryl methyl sites for hydroxylation is 1. The maximum Gasteiger partial charge on any atom is 0.245 e. The Bertz CT molecular complexity index is 1070. The highest BCUT2D eigenvalue weighted by atomic mass is 32.1. The number of aromatic nitrogens is 3. The quantitative estimate of drug-likeness (QED) is 0.691. The van der Waals surface area contributed by atoms with Crippen LogP contribution >= 0.6 is 11.3 Å². The van der Waals surface area contributed by atoms with E-state index in [1.165, 1.54) is 28.2 Å². The second kappa shape index (κ2) is 6.54. The molecule has 0 aliphatic carbocycles. The van der Waals surface area contributed by atoms with Gasteiger partial charge in [0.1, 0.15) is 18.2 Å². The molecule has 1 aromatic carbocycles. The number of nitrogens with one attached hydrogen (secondary N) is 1. The van der Waals surface area contributed by atoms with Crippen LogP contribution in [-0.4, -0.2) is 43.9 Å². The molecule has 0 saturated carbocycles. The predicted molar refractivity (Wildman–Crippen MR) is 96.0 cm³/mol. The minimum atomic E-state index is -0.507. The maximum atomic E-state index is 13.4. The van der Waals surface area contributed by atoms with E-state index in [1.807, 2.05) is 0 Å². The van der Waals surface area contributed by atoms with Gasteiger partial charge < -0.3 is 5.32 Å². The summed E-state index contributed by atoms with van der Waals surface area (Å²) in [4.78, 5) is 41.0. The fourth-order valence-electron chi connectivity index (χ4n) is 2.84. The van der Waals surface area contributed by atoms with E-state index in [0.29, 0.717) is 26.9 Å². The van der Waals surface area contributed by atoms with Gasteiger partial charge in [-0.2, -0.15) is 9.78 Å². The molecule has 1 aliphatic heterocycles. The number of halogens is 1. The van der Waals surface area contributed by atoms with Crippen LogP contribution in [0.4, 0.5) is 10.2 Å². The van der Waals surface area contributed by atoms with E-state index in [0.717, 1.165) is 4.90 Å². The Morgan fingerprint density at radius 2 is 2.00 bits per heavy atom. The van der Waals surface area contributed by atoms with E-state index in [9.17, 15) is 18.8 Å². The average Bonchev–Trinajstić information content (AvgIpc) is 3.27. The van der Waals surface area contributed by atoms with E-state index >= 15 is 0 Å². The number of carbonyl (C=O) groups is 3. The summed E-state index contributed by atoms with van der Waals surface area (Å²) in [5, 5.41) is 7.45. The van der Waals surface area contributed by atoms with Crippen LogP contribution in [0.3, 0.4) is 0 Å². The van der Waals surface area contributed by atoms with Crippen molar-refractivity contribution in [2.24, 2.45) is 0 Å². The van der Waals surface area contributed by atoms with Crippen molar-refractivity contribution in [2.45, 2.75) is 19.8 Å². The van der Waals surface area contributed by atoms with Gasteiger partial charge in [0.05, 0.1) is 15.9 Å². The molecular weight excluding hydrogens is 373 g/mol. The number of anilines is 1. The summed E-state index contributed by atoms with van der Waals surface area (Å²) in [6.45, 7) is 1.42. The van der Waals surface area contributed by atoms with Crippen molar-refractivity contribution in [3.63, 3.8) is 0 Å². The molecule has 4 rings (SSSR count). The first-order valence-corrected chi connectivity index (χ1v) is 8.98. The molecular formula is C17H14FN5O3S. The number of hydrogen-bond donors (Lipinski definition) is 1. The van der Waals surface area contributed by atoms with Gasteiger partial charge in [0.25, 0.3) is 0 Å². The lowest BCUT2D eigenvalue weighted by molar-refractivity contribution is -0.141. The third kappa shape index (κ3) is 3.31. The molecule has 0 atom stereocenters. The summed E-state index contributed by atoms with van der Waals surface area (Å²) in [6, 6.07) is 5.94. The molecule has 8 nitrogen and oxygen atoms in total. The molecule has 27 heavy (non-hydrogen) atoms. The van der Waals surface area contributed by atoms with Crippen LogP contribution in [-0.2, 0) is 14.4 Å². The highest BCUT2D eigenvalue weighted by Gasteiger charge is 2.30.